The third kappa shape index (κ3) is 1.53. The lowest BCUT2D eigenvalue weighted by atomic mass is 10.2. The highest BCUT2D eigenvalue weighted by Crippen LogP contribution is 2.31. The van der Waals surface area contributed by atoms with E-state index in [1.807, 2.05) is 18.5 Å². The Hall–Kier alpha value is -0.990. The van der Waals surface area contributed by atoms with Gasteiger partial charge in [-0.05, 0) is 25.0 Å². The third-order valence-corrected chi connectivity index (χ3v) is 3.72. The Balaban J connectivity index is 2.15. The SMILES string of the molecule is Clc1cc2ncn(C3CC=CC3)c2cc1Cl. The molecule has 0 saturated carbocycles. The minimum absolute atomic E-state index is 0.474. The van der Waals surface area contributed by atoms with Crippen LogP contribution in [-0.2, 0) is 0 Å². The van der Waals surface area contributed by atoms with Gasteiger partial charge in [-0.1, -0.05) is 35.4 Å². The molecule has 0 aliphatic heterocycles. The van der Waals surface area contributed by atoms with E-state index in [2.05, 4.69) is 21.7 Å². The molecule has 3 rings (SSSR count). The summed E-state index contributed by atoms with van der Waals surface area (Å²) >= 11 is 12.0. The number of halogens is 2. The molecule has 1 heterocycles. The minimum atomic E-state index is 0.474. The van der Waals surface area contributed by atoms with Crippen molar-refractivity contribution in [1.29, 1.82) is 0 Å². The van der Waals surface area contributed by atoms with E-state index in [1.54, 1.807) is 0 Å². The van der Waals surface area contributed by atoms with Gasteiger partial charge < -0.3 is 4.57 Å². The number of hydrogen-bond acceptors (Lipinski definition) is 1. The van der Waals surface area contributed by atoms with Gasteiger partial charge in [0.05, 0.1) is 27.4 Å². The fraction of sp³-hybridized carbons (Fsp3) is 0.250. The second-order valence-electron chi connectivity index (χ2n) is 4.00. The summed E-state index contributed by atoms with van der Waals surface area (Å²) in [5, 5.41) is 1.14. The summed E-state index contributed by atoms with van der Waals surface area (Å²) in [6.07, 6.45) is 8.40. The predicted octanol–water partition coefficient (Wildman–Crippen LogP) is 4.23. The topological polar surface area (TPSA) is 17.8 Å². The maximum atomic E-state index is 6.03. The molecule has 0 spiro atoms. The molecule has 4 heteroatoms. The number of nitrogens with zero attached hydrogens (tertiary/aromatic N) is 2. The van der Waals surface area contributed by atoms with Crippen LogP contribution in [0.2, 0.25) is 10.0 Å². The van der Waals surface area contributed by atoms with E-state index in [1.165, 1.54) is 0 Å². The first-order valence-corrected chi connectivity index (χ1v) is 5.98. The van der Waals surface area contributed by atoms with Crippen molar-refractivity contribution in [1.82, 2.24) is 9.55 Å². The molecule has 2 aromatic rings. The van der Waals surface area contributed by atoms with Crippen molar-refractivity contribution in [2.45, 2.75) is 18.9 Å². The quantitative estimate of drug-likeness (QED) is 0.695. The van der Waals surface area contributed by atoms with Gasteiger partial charge in [-0.2, -0.15) is 0 Å². The molecule has 1 aromatic heterocycles. The van der Waals surface area contributed by atoms with Gasteiger partial charge in [-0.25, -0.2) is 4.98 Å². The molecule has 0 saturated heterocycles. The molecule has 1 aliphatic carbocycles. The zero-order valence-electron chi connectivity index (χ0n) is 8.53. The van der Waals surface area contributed by atoms with E-state index < -0.39 is 0 Å². The number of allylic oxidation sites excluding steroid dienone is 2. The molecule has 16 heavy (non-hydrogen) atoms. The molecule has 0 unspecified atom stereocenters. The Labute approximate surface area is 103 Å². The lowest BCUT2D eigenvalue weighted by molar-refractivity contribution is 0.550. The van der Waals surface area contributed by atoms with Gasteiger partial charge in [-0.3, -0.25) is 0 Å². The van der Waals surface area contributed by atoms with Crippen LogP contribution in [0, 0.1) is 0 Å². The van der Waals surface area contributed by atoms with E-state index in [-0.39, 0.29) is 0 Å². The minimum Gasteiger partial charge on any atom is -0.327 e. The Morgan fingerprint density at radius 1 is 1.12 bits per heavy atom. The van der Waals surface area contributed by atoms with E-state index in [4.69, 9.17) is 23.2 Å². The lowest BCUT2D eigenvalue weighted by Crippen LogP contribution is -2.02. The van der Waals surface area contributed by atoms with E-state index in [9.17, 15) is 0 Å². The van der Waals surface area contributed by atoms with Crippen LogP contribution >= 0.6 is 23.2 Å². The van der Waals surface area contributed by atoms with Gasteiger partial charge in [0.2, 0.25) is 0 Å². The largest absolute Gasteiger partial charge is 0.327 e. The van der Waals surface area contributed by atoms with E-state index in [0.717, 1.165) is 23.9 Å². The Morgan fingerprint density at radius 2 is 1.81 bits per heavy atom. The van der Waals surface area contributed by atoms with Gasteiger partial charge in [-0.15, -0.1) is 0 Å². The van der Waals surface area contributed by atoms with Crippen molar-refractivity contribution in [3.63, 3.8) is 0 Å². The van der Waals surface area contributed by atoms with Gasteiger partial charge in [0.1, 0.15) is 0 Å². The first kappa shape index (κ1) is 10.2. The normalized spacial score (nSPS) is 16.4. The molecule has 0 bridgehead atoms. The number of imidazole rings is 1. The molecule has 0 amide bonds. The summed E-state index contributed by atoms with van der Waals surface area (Å²) in [7, 11) is 0. The molecule has 0 radical (unpaired) electrons. The van der Waals surface area contributed by atoms with Crippen LogP contribution in [0.4, 0.5) is 0 Å². The Bertz CT molecular complexity index is 564. The fourth-order valence-corrected chi connectivity index (χ4v) is 2.46. The van der Waals surface area contributed by atoms with Crippen LogP contribution < -0.4 is 0 Å². The van der Waals surface area contributed by atoms with Crippen molar-refractivity contribution in [3.05, 3.63) is 40.7 Å². The highest BCUT2D eigenvalue weighted by atomic mass is 35.5. The standard InChI is InChI=1S/C12H10Cl2N2/c13-9-5-11-12(6-10(9)14)16(7-15-11)8-3-1-2-4-8/h1-2,5-8H,3-4H2. The van der Waals surface area contributed by atoms with Gasteiger partial charge in [0.15, 0.2) is 0 Å². The summed E-state index contributed by atoms with van der Waals surface area (Å²) < 4.78 is 2.18. The summed E-state index contributed by atoms with van der Waals surface area (Å²) in [4.78, 5) is 4.36. The Morgan fingerprint density at radius 3 is 2.56 bits per heavy atom. The molecule has 1 aliphatic rings. The second-order valence-corrected chi connectivity index (χ2v) is 4.82. The van der Waals surface area contributed by atoms with Crippen molar-refractivity contribution >= 4 is 34.2 Å². The van der Waals surface area contributed by atoms with Crippen LogP contribution in [0.3, 0.4) is 0 Å². The first-order chi connectivity index (χ1) is 7.75. The number of fused-ring (bicyclic) bond motifs is 1. The predicted molar refractivity (Wildman–Crippen MR) is 67.2 cm³/mol. The molecule has 1 aromatic carbocycles. The van der Waals surface area contributed by atoms with Crippen molar-refractivity contribution in [2.24, 2.45) is 0 Å². The van der Waals surface area contributed by atoms with Crippen LogP contribution in [0.1, 0.15) is 18.9 Å². The zero-order valence-corrected chi connectivity index (χ0v) is 10.0. The maximum Gasteiger partial charge on any atom is 0.0961 e. The smallest absolute Gasteiger partial charge is 0.0961 e. The van der Waals surface area contributed by atoms with Gasteiger partial charge in [0, 0.05) is 6.04 Å². The van der Waals surface area contributed by atoms with E-state index >= 15 is 0 Å². The highest BCUT2D eigenvalue weighted by molar-refractivity contribution is 6.42. The maximum absolute atomic E-state index is 6.03. The number of aromatic nitrogens is 2. The summed E-state index contributed by atoms with van der Waals surface area (Å²) in [6.45, 7) is 0. The number of hydrogen-bond donors (Lipinski definition) is 0. The van der Waals surface area contributed by atoms with Crippen LogP contribution in [-0.4, -0.2) is 9.55 Å². The number of benzene rings is 1. The fourth-order valence-electron chi connectivity index (χ4n) is 2.14. The van der Waals surface area contributed by atoms with Crippen molar-refractivity contribution in [2.75, 3.05) is 0 Å². The van der Waals surface area contributed by atoms with Crippen molar-refractivity contribution in [3.8, 4) is 0 Å². The van der Waals surface area contributed by atoms with Crippen molar-refractivity contribution < 1.29 is 0 Å². The first-order valence-electron chi connectivity index (χ1n) is 5.22. The Kier molecular flexibility index (Phi) is 2.41. The average molecular weight is 253 g/mol. The zero-order chi connectivity index (χ0) is 11.1. The van der Waals surface area contributed by atoms with Crippen LogP contribution in [0.25, 0.3) is 11.0 Å². The van der Waals surface area contributed by atoms with Crippen LogP contribution in [0.15, 0.2) is 30.6 Å². The van der Waals surface area contributed by atoms with Crippen LogP contribution in [0.5, 0.6) is 0 Å². The summed E-state index contributed by atoms with van der Waals surface area (Å²) in [6, 6.07) is 4.19. The molecular weight excluding hydrogens is 243 g/mol. The monoisotopic (exact) mass is 252 g/mol. The number of rotatable bonds is 1. The average Bonchev–Trinajstić information content (AvgIpc) is 2.87. The molecule has 0 atom stereocenters. The molecule has 0 fully saturated rings. The summed E-state index contributed by atoms with van der Waals surface area (Å²) in [5.74, 6) is 0. The second kappa shape index (κ2) is 3.79. The lowest BCUT2D eigenvalue weighted by Gasteiger charge is -2.12. The molecule has 82 valence electrons. The molecular formula is C12H10Cl2N2. The van der Waals surface area contributed by atoms with Gasteiger partial charge in [0.25, 0.3) is 0 Å². The summed E-state index contributed by atoms with van der Waals surface area (Å²) in [5.41, 5.74) is 1.96. The van der Waals surface area contributed by atoms with E-state index in [0.29, 0.717) is 16.1 Å². The molecule has 2 nitrogen and oxygen atoms in total. The molecule has 0 N–H and O–H groups in total. The van der Waals surface area contributed by atoms with Gasteiger partial charge >= 0.3 is 0 Å². The highest BCUT2D eigenvalue weighted by Gasteiger charge is 2.15. The third-order valence-electron chi connectivity index (χ3n) is 2.99.